The van der Waals surface area contributed by atoms with Crippen molar-refractivity contribution in [2.75, 3.05) is 25.4 Å². The fraction of sp³-hybridized carbons (Fsp3) is 0.471. The van der Waals surface area contributed by atoms with Crippen LogP contribution in [0, 0.1) is 6.92 Å². The molecule has 122 valence electrons. The zero-order chi connectivity index (χ0) is 16.4. The number of quaternary nitrogens is 1. The molecule has 0 aliphatic heterocycles. The van der Waals surface area contributed by atoms with Gasteiger partial charge in [0.2, 0.25) is 5.16 Å². The summed E-state index contributed by atoms with van der Waals surface area (Å²) in [6, 6.07) is 6.41. The van der Waals surface area contributed by atoms with E-state index in [9.17, 15) is 0 Å². The minimum atomic E-state index is 0.770. The van der Waals surface area contributed by atoms with E-state index in [2.05, 4.69) is 53.7 Å². The van der Waals surface area contributed by atoms with Crippen molar-refractivity contribution in [1.82, 2.24) is 19.7 Å². The van der Waals surface area contributed by atoms with Crippen LogP contribution in [0.25, 0.3) is 22.1 Å². The smallest absolute Gasteiger partial charge is 0.211 e. The summed E-state index contributed by atoms with van der Waals surface area (Å²) in [5.74, 6) is 1.02. The van der Waals surface area contributed by atoms with Crippen LogP contribution in [-0.4, -0.2) is 45.1 Å². The van der Waals surface area contributed by atoms with Gasteiger partial charge in [0.1, 0.15) is 5.52 Å². The Morgan fingerprint density at radius 2 is 1.96 bits per heavy atom. The fourth-order valence-corrected chi connectivity index (χ4v) is 3.73. The van der Waals surface area contributed by atoms with Gasteiger partial charge >= 0.3 is 0 Å². The van der Waals surface area contributed by atoms with E-state index in [1.807, 2.05) is 7.05 Å². The van der Waals surface area contributed by atoms with Gasteiger partial charge in [0, 0.05) is 12.4 Å². The molecule has 0 unspecified atom stereocenters. The molecule has 0 radical (unpaired) electrons. The minimum Gasteiger partial charge on any atom is -0.335 e. The second-order valence-corrected chi connectivity index (χ2v) is 6.96. The van der Waals surface area contributed by atoms with E-state index in [4.69, 9.17) is 4.98 Å². The standard InChI is InChI=1S/C17H23N5S/c1-5-22(6-2)9-10-23-17-18-16-15(19-20-17)13-11-12(3)7-8-14(13)21(16)4/h7-8,11H,5-6,9-10H2,1-4H3/p+1. The lowest BCUT2D eigenvalue weighted by Crippen LogP contribution is -3.11. The molecule has 0 atom stereocenters. The van der Waals surface area contributed by atoms with Gasteiger partial charge in [-0.15, -0.1) is 10.2 Å². The van der Waals surface area contributed by atoms with Crippen molar-refractivity contribution in [1.29, 1.82) is 0 Å². The summed E-state index contributed by atoms with van der Waals surface area (Å²) >= 11 is 1.70. The van der Waals surface area contributed by atoms with Gasteiger partial charge in [0.15, 0.2) is 5.65 Å². The third-order valence-electron chi connectivity index (χ3n) is 4.42. The number of thioether (sulfide) groups is 1. The van der Waals surface area contributed by atoms with Crippen LogP contribution in [-0.2, 0) is 7.05 Å². The highest BCUT2D eigenvalue weighted by molar-refractivity contribution is 7.99. The van der Waals surface area contributed by atoms with Gasteiger partial charge < -0.3 is 9.47 Å². The lowest BCUT2D eigenvalue weighted by molar-refractivity contribution is -0.893. The van der Waals surface area contributed by atoms with Gasteiger partial charge in [-0.05, 0) is 32.9 Å². The zero-order valence-electron chi connectivity index (χ0n) is 14.3. The molecule has 0 aliphatic carbocycles. The fourth-order valence-electron chi connectivity index (χ4n) is 2.91. The second kappa shape index (κ2) is 6.84. The van der Waals surface area contributed by atoms with Crippen LogP contribution in [0.15, 0.2) is 23.4 Å². The Morgan fingerprint density at radius 1 is 1.17 bits per heavy atom. The summed E-state index contributed by atoms with van der Waals surface area (Å²) in [4.78, 5) is 6.34. The number of hydrogen-bond acceptors (Lipinski definition) is 4. The quantitative estimate of drug-likeness (QED) is 0.701. The minimum absolute atomic E-state index is 0.770. The second-order valence-electron chi connectivity index (χ2n) is 5.90. The van der Waals surface area contributed by atoms with Crippen LogP contribution in [0.5, 0.6) is 0 Å². The van der Waals surface area contributed by atoms with Gasteiger partial charge in [0.05, 0.1) is 30.9 Å². The van der Waals surface area contributed by atoms with Crippen molar-refractivity contribution >= 4 is 33.8 Å². The van der Waals surface area contributed by atoms with Crippen molar-refractivity contribution < 1.29 is 4.90 Å². The maximum absolute atomic E-state index is 4.73. The van der Waals surface area contributed by atoms with E-state index in [0.29, 0.717) is 0 Å². The summed E-state index contributed by atoms with van der Waals surface area (Å²) < 4.78 is 2.11. The number of benzene rings is 1. The summed E-state index contributed by atoms with van der Waals surface area (Å²) in [7, 11) is 2.04. The Balaban J connectivity index is 1.87. The molecule has 2 aromatic heterocycles. The van der Waals surface area contributed by atoms with E-state index in [1.54, 1.807) is 16.7 Å². The molecule has 0 amide bonds. The van der Waals surface area contributed by atoms with Gasteiger partial charge in [-0.25, -0.2) is 4.98 Å². The molecule has 6 heteroatoms. The molecular formula is C17H24N5S+. The molecule has 0 fully saturated rings. The average molecular weight is 330 g/mol. The van der Waals surface area contributed by atoms with Crippen LogP contribution < -0.4 is 4.90 Å². The highest BCUT2D eigenvalue weighted by atomic mass is 32.2. The Hall–Kier alpha value is -1.66. The summed E-state index contributed by atoms with van der Waals surface area (Å²) in [5, 5.41) is 10.7. The first-order chi connectivity index (χ1) is 11.1. The van der Waals surface area contributed by atoms with Crippen LogP contribution in [0.2, 0.25) is 0 Å². The van der Waals surface area contributed by atoms with Crippen molar-refractivity contribution in [3.05, 3.63) is 23.8 Å². The Morgan fingerprint density at radius 3 is 2.70 bits per heavy atom. The number of hydrogen-bond donors (Lipinski definition) is 1. The number of aryl methyl sites for hydroxylation is 2. The molecule has 2 heterocycles. The molecule has 23 heavy (non-hydrogen) atoms. The maximum Gasteiger partial charge on any atom is 0.211 e. The molecule has 5 nitrogen and oxygen atoms in total. The third-order valence-corrected chi connectivity index (χ3v) is 5.26. The molecular weight excluding hydrogens is 306 g/mol. The summed E-state index contributed by atoms with van der Waals surface area (Å²) in [6.07, 6.45) is 0. The first-order valence-electron chi connectivity index (χ1n) is 8.19. The van der Waals surface area contributed by atoms with E-state index < -0.39 is 0 Å². The molecule has 3 aromatic rings. The van der Waals surface area contributed by atoms with Crippen molar-refractivity contribution in [2.24, 2.45) is 7.05 Å². The highest BCUT2D eigenvalue weighted by Crippen LogP contribution is 2.26. The SMILES string of the molecule is CC[NH+](CC)CCSc1nnc2c3cc(C)ccc3n(C)c2n1. The van der Waals surface area contributed by atoms with Crippen LogP contribution in [0.3, 0.4) is 0 Å². The lowest BCUT2D eigenvalue weighted by Gasteiger charge is -2.14. The van der Waals surface area contributed by atoms with E-state index >= 15 is 0 Å². The number of rotatable bonds is 6. The Labute approximate surface area is 141 Å². The predicted molar refractivity (Wildman–Crippen MR) is 96.2 cm³/mol. The number of nitrogens with zero attached hydrogens (tertiary/aromatic N) is 4. The molecule has 0 bridgehead atoms. The third kappa shape index (κ3) is 3.19. The number of fused-ring (bicyclic) bond motifs is 3. The number of aromatic nitrogens is 4. The van der Waals surface area contributed by atoms with Crippen molar-refractivity contribution in [2.45, 2.75) is 25.9 Å². The van der Waals surface area contributed by atoms with E-state index in [-0.39, 0.29) is 0 Å². The summed E-state index contributed by atoms with van der Waals surface area (Å²) in [6.45, 7) is 10.0. The van der Waals surface area contributed by atoms with Gasteiger partial charge in [-0.3, -0.25) is 0 Å². The Bertz CT molecular complexity index is 823. The Kier molecular flexibility index (Phi) is 4.82. The normalized spacial score (nSPS) is 11.9. The maximum atomic E-state index is 4.73. The highest BCUT2D eigenvalue weighted by Gasteiger charge is 2.13. The molecule has 3 rings (SSSR count). The van der Waals surface area contributed by atoms with E-state index in [1.165, 1.54) is 5.56 Å². The molecule has 1 aromatic carbocycles. The summed E-state index contributed by atoms with van der Waals surface area (Å²) in [5.41, 5.74) is 4.19. The van der Waals surface area contributed by atoms with Gasteiger partial charge in [-0.2, -0.15) is 0 Å². The first-order valence-corrected chi connectivity index (χ1v) is 9.18. The lowest BCUT2D eigenvalue weighted by atomic mass is 10.2. The largest absolute Gasteiger partial charge is 0.335 e. The van der Waals surface area contributed by atoms with Gasteiger partial charge in [-0.1, -0.05) is 23.4 Å². The first kappa shape index (κ1) is 16.2. The monoisotopic (exact) mass is 330 g/mol. The molecule has 0 aliphatic rings. The van der Waals surface area contributed by atoms with Crippen LogP contribution in [0.1, 0.15) is 19.4 Å². The average Bonchev–Trinajstić information content (AvgIpc) is 2.84. The van der Waals surface area contributed by atoms with Gasteiger partial charge in [0.25, 0.3) is 0 Å². The molecule has 1 N–H and O–H groups in total. The van der Waals surface area contributed by atoms with Crippen LogP contribution in [0.4, 0.5) is 0 Å². The predicted octanol–water partition coefficient (Wildman–Crippen LogP) is 1.84. The zero-order valence-corrected chi connectivity index (χ0v) is 15.1. The van der Waals surface area contributed by atoms with Crippen molar-refractivity contribution in [3.63, 3.8) is 0 Å². The molecule has 0 spiro atoms. The van der Waals surface area contributed by atoms with Crippen molar-refractivity contribution in [3.8, 4) is 0 Å². The molecule has 0 saturated carbocycles. The topological polar surface area (TPSA) is 48.0 Å². The number of nitrogens with one attached hydrogen (secondary N) is 1. The molecule has 0 saturated heterocycles. The van der Waals surface area contributed by atoms with Crippen LogP contribution >= 0.6 is 11.8 Å². The van der Waals surface area contributed by atoms with E-state index in [0.717, 1.165) is 52.6 Å².